The van der Waals surface area contributed by atoms with Gasteiger partial charge < -0.3 is 10.2 Å². The maximum Gasteiger partial charge on any atom is 0.251 e. The van der Waals surface area contributed by atoms with E-state index in [4.69, 9.17) is 0 Å². The van der Waals surface area contributed by atoms with Gasteiger partial charge in [-0.15, -0.1) is 0 Å². The molecule has 1 saturated heterocycles. The van der Waals surface area contributed by atoms with Crippen LogP contribution in [-0.4, -0.2) is 47.2 Å². The lowest BCUT2D eigenvalue weighted by Crippen LogP contribution is -2.40. The van der Waals surface area contributed by atoms with Crippen LogP contribution in [0.2, 0.25) is 0 Å². The van der Waals surface area contributed by atoms with Crippen LogP contribution in [0.25, 0.3) is 11.3 Å². The second kappa shape index (κ2) is 8.85. The molecule has 1 aromatic heterocycles. The number of likely N-dealkylation sites (tertiary alicyclic amines) is 1. The number of piperidine rings is 1. The number of carbonyl (C=O) groups excluding carboxylic acids is 1. The van der Waals surface area contributed by atoms with Gasteiger partial charge in [0.1, 0.15) is 0 Å². The molecule has 0 saturated carbocycles. The Bertz CT molecular complexity index is 875. The molecular weight excluding hydrogens is 348 g/mol. The van der Waals surface area contributed by atoms with Crippen LogP contribution in [0.4, 0.5) is 0 Å². The molecule has 2 aromatic carbocycles. The first-order valence-corrected chi connectivity index (χ1v) is 9.95. The number of H-pyrrole nitrogens is 1. The molecule has 2 heterocycles. The van der Waals surface area contributed by atoms with Crippen molar-refractivity contribution in [3.8, 4) is 11.3 Å². The Morgan fingerprint density at radius 3 is 2.68 bits per heavy atom. The normalized spacial score (nSPS) is 17.4. The lowest BCUT2D eigenvalue weighted by Gasteiger charge is -2.33. The summed E-state index contributed by atoms with van der Waals surface area (Å²) >= 11 is 0. The molecule has 0 spiro atoms. The summed E-state index contributed by atoms with van der Waals surface area (Å²) in [5.41, 5.74) is 4.08. The molecule has 1 fully saturated rings. The zero-order valence-electron chi connectivity index (χ0n) is 16.0. The molecule has 1 aliphatic rings. The predicted molar refractivity (Wildman–Crippen MR) is 111 cm³/mol. The number of carbonyl (C=O) groups is 1. The number of nitrogens with one attached hydrogen (secondary N) is 2. The van der Waals surface area contributed by atoms with Gasteiger partial charge in [-0.2, -0.15) is 5.10 Å². The molecule has 1 aliphatic heterocycles. The van der Waals surface area contributed by atoms with Gasteiger partial charge in [-0.1, -0.05) is 42.5 Å². The number of benzene rings is 2. The lowest BCUT2D eigenvalue weighted by atomic mass is 9.91. The fraction of sp³-hybridized carbons (Fsp3) is 0.304. The third-order valence-electron chi connectivity index (χ3n) is 5.45. The SMILES string of the molecule is O=C(NCCN1CCCC(c2ccccc2)C1)c1ccc(-c2ccn[nH]2)cc1. The second-order valence-electron chi connectivity index (χ2n) is 7.35. The van der Waals surface area contributed by atoms with E-state index in [1.807, 2.05) is 30.3 Å². The van der Waals surface area contributed by atoms with Crippen LogP contribution in [0.15, 0.2) is 66.9 Å². The van der Waals surface area contributed by atoms with Crippen molar-refractivity contribution in [1.29, 1.82) is 0 Å². The van der Waals surface area contributed by atoms with Gasteiger partial charge in [0.15, 0.2) is 0 Å². The van der Waals surface area contributed by atoms with Gasteiger partial charge in [-0.25, -0.2) is 0 Å². The molecule has 28 heavy (non-hydrogen) atoms. The molecule has 0 aliphatic carbocycles. The monoisotopic (exact) mass is 374 g/mol. The summed E-state index contributed by atoms with van der Waals surface area (Å²) in [4.78, 5) is 14.9. The maximum absolute atomic E-state index is 12.4. The van der Waals surface area contributed by atoms with Gasteiger partial charge in [0.25, 0.3) is 5.91 Å². The summed E-state index contributed by atoms with van der Waals surface area (Å²) in [5.74, 6) is 0.577. The van der Waals surface area contributed by atoms with Crippen molar-refractivity contribution in [2.75, 3.05) is 26.2 Å². The maximum atomic E-state index is 12.4. The van der Waals surface area contributed by atoms with Gasteiger partial charge in [0.05, 0.1) is 5.69 Å². The van der Waals surface area contributed by atoms with Crippen molar-refractivity contribution in [2.24, 2.45) is 0 Å². The van der Waals surface area contributed by atoms with Crippen molar-refractivity contribution in [1.82, 2.24) is 20.4 Å². The summed E-state index contributed by atoms with van der Waals surface area (Å²) in [6.07, 6.45) is 4.18. The van der Waals surface area contributed by atoms with Gasteiger partial charge in [0, 0.05) is 31.4 Å². The Labute approximate surface area is 165 Å². The number of hydrogen-bond acceptors (Lipinski definition) is 3. The largest absolute Gasteiger partial charge is 0.351 e. The molecule has 5 nitrogen and oxygen atoms in total. The zero-order valence-corrected chi connectivity index (χ0v) is 16.0. The van der Waals surface area contributed by atoms with Crippen molar-refractivity contribution >= 4 is 5.91 Å². The number of aromatic nitrogens is 2. The summed E-state index contributed by atoms with van der Waals surface area (Å²) in [6.45, 7) is 3.74. The molecule has 1 unspecified atom stereocenters. The van der Waals surface area contributed by atoms with Crippen LogP contribution in [0.5, 0.6) is 0 Å². The standard InChI is InChI=1S/C23H26N4O/c28-23(20-10-8-19(9-11-20)22-12-13-25-26-22)24-14-16-27-15-4-7-21(17-27)18-5-2-1-3-6-18/h1-3,5-6,8-13,21H,4,7,14-17H2,(H,24,28)(H,25,26). The second-order valence-corrected chi connectivity index (χ2v) is 7.35. The van der Waals surface area contributed by atoms with E-state index in [2.05, 4.69) is 50.7 Å². The topological polar surface area (TPSA) is 61.0 Å². The quantitative estimate of drug-likeness (QED) is 0.692. The summed E-state index contributed by atoms with van der Waals surface area (Å²) < 4.78 is 0. The number of hydrogen-bond donors (Lipinski definition) is 2. The van der Waals surface area contributed by atoms with Crippen molar-refractivity contribution in [3.05, 3.63) is 78.0 Å². The number of nitrogens with zero attached hydrogens (tertiary/aromatic N) is 2. The fourth-order valence-corrected chi connectivity index (χ4v) is 3.90. The van der Waals surface area contributed by atoms with Crippen molar-refractivity contribution in [3.63, 3.8) is 0 Å². The van der Waals surface area contributed by atoms with E-state index in [1.54, 1.807) is 6.20 Å². The average Bonchev–Trinajstić information content (AvgIpc) is 3.30. The molecule has 1 amide bonds. The van der Waals surface area contributed by atoms with Crippen molar-refractivity contribution < 1.29 is 4.79 Å². The Hall–Kier alpha value is -2.92. The number of rotatable bonds is 6. The highest BCUT2D eigenvalue weighted by molar-refractivity contribution is 5.94. The molecule has 144 valence electrons. The van der Waals surface area contributed by atoms with Gasteiger partial charge >= 0.3 is 0 Å². The van der Waals surface area contributed by atoms with Crippen LogP contribution >= 0.6 is 0 Å². The van der Waals surface area contributed by atoms with E-state index in [0.29, 0.717) is 18.0 Å². The third-order valence-corrected chi connectivity index (χ3v) is 5.45. The first kappa shape index (κ1) is 18.4. The van der Waals surface area contributed by atoms with Crippen LogP contribution < -0.4 is 5.32 Å². The predicted octanol–water partition coefficient (Wildman–Crippen LogP) is 3.69. The lowest BCUT2D eigenvalue weighted by molar-refractivity contribution is 0.0945. The summed E-state index contributed by atoms with van der Waals surface area (Å²) in [5, 5.41) is 9.94. The number of aromatic amines is 1. The first-order chi connectivity index (χ1) is 13.8. The molecule has 1 atom stereocenters. The van der Waals surface area contributed by atoms with Crippen molar-refractivity contribution in [2.45, 2.75) is 18.8 Å². The molecule has 0 radical (unpaired) electrons. The van der Waals surface area contributed by atoms with E-state index >= 15 is 0 Å². The van der Waals surface area contributed by atoms with Gasteiger partial charge in [-0.05, 0) is 54.6 Å². The van der Waals surface area contributed by atoms with Gasteiger partial charge in [0.2, 0.25) is 0 Å². The minimum atomic E-state index is -0.0206. The number of amides is 1. The first-order valence-electron chi connectivity index (χ1n) is 9.95. The third kappa shape index (κ3) is 4.49. The molecule has 4 rings (SSSR count). The Kier molecular flexibility index (Phi) is 5.83. The Morgan fingerprint density at radius 2 is 1.93 bits per heavy atom. The van der Waals surface area contributed by atoms with Crippen LogP contribution in [-0.2, 0) is 0 Å². The van der Waals surface area contributed by atoms with Crippen LogP contribution in [0, 0.1) is 0 Å². The zero-order chi connectivity index (χ0) is 19.2. The highest BCUT2D eigenvalue weighted by atomic mass is 16.1. The molecule has 5 heteroatoms. The molecule has 0 bridgehead atoms. The highest BCUT2D eigenvalue weighted by Gasteiger charge is 2.20. The smallest absolute Gasteiger partial charge is 0.251 e. The van der Waals surface area contributed by atoms with E-state index in [-0.39, 0.29) is 5.91 Å². The van der Waals surface area contributed by atoms with E-state index in [0.717, 1.165) is 30.9 Å². The minimum Gasteiger partial charge on any atom is -0.351 e. The molecular formula is C23H26N4O. The van der Waals surface area contributed by atoms with E-state index < -0.39 is 0 Å². The van der Waals surface area contributed by atoms with Gasteiger partial charge in [-0.3, -0.25) is 9.89 Å². The fourth-order valence-electron chi connectivity index (χ4n) is 3.90. The molecule has 3 aromatic rings. The molecule has 2 N–H and O–H groups in total. The summed E-state index contributed by atoms with van der Waals surface area (Å²) in [6, 6.07) is 20.3. The van der Waals surface area contributed by atoms with Crippen LogP contribution in [0.3, 0.4) is 0 Å². The highest BCUT2D eigenvalue weighted by Crippen LogP contribution is 2.26. The van der Waals surface area contributed by atoms with E-state index in [9.17, 15) is 4.79 Å². The minimum absolute atomic E-state index is 0.0206. The Balaban J connectivity index is 1.26. The van der Waals surface area contributed by atoms with E-state index in [1.165, 1.54) is 18.4 Å². The average molecular weight is 374 g/mol. The summed E-state index contributed by atoms with van der Waals surface area (Å²) in [7, 11) is 0. The van der Waals surface area contributed by atoms with Crippen LogP contribution in [0.1, 0.15) is 34.7 Å². The Morgan fingerprint density at radius 1 is 1.11 bits per heavy atom.